The zero-order valence-corrected chi connectivity index (χ0v) is 10.3. The zero-order valence-electron chi connectivity index (χ0n) is 15.3. The predicted octanol–water partition coefficient (Wildman–Crippen LogP) is 2.60. The van der Waals surface area contributed by atoms with E-state index in [9.17, 15) is 0 Å². The van der Waals surface area contributed by atoms with E-state index in [-0.39, 0.29) is 0 Å². The lowest BCUT2D eigenvalue weighted by Crippen LogP contribution is -2.28. The number of fused-ring (bicyclic) bond motifs is 1. The molecule has 0 aliphatic rings. The first-order valence-electron chi connectivity index (χ1n) is 7.91. The summed E-state index contributed by atoms with van der Waals surface area (Å²) in [4.78, 5) is 1.41. The Labute approximate surface area is 110 Å². The summed E-state index contributed by atoms with van der Waals surface area (Å²) in [5, 5.41) is 0.797. The second kappa shape index (κ2) is 4.80. The lowest BCUT2D eigenvalue weighted by molar-refractivity contribution is 0.286. The van der Waals surface area contributed by atoms with Gasteiger partial charge in [-0.3, -0.25) is 0 Å². The number of hydrogen-bond acceptors (Lipinski definition) is 2. The molecular formula is C14H20N2O. The molecule has 0 bridgehead atoms. The molecule has 1 heterocycles. The smallest absolute Gasteiger partial charge is 0.119 e. The van der Waals surface area contributed by atoms with Crippen LogP contribution >= 0.6 is 0 Å². The van der Waals surface area contributed by atoms with Crippen LogP contribution in [0.3, 0.4) is 0 Å². The first kappa shape index (κ1) is 7.07. The van der Waals surface area contributed by atoms with Crippen molar-refractivity contribution in [3.8, 4) is 5.75 Å². The van der Waals surface area contributed by atoms with Crippen LogP contribution in [-0.4, -0.2) is 36.7 Å². The summed E-state index contributed by atoms with van der Waals surface area (Å²) < 4.78 is 46.3. The van der Waals surface area contributed by atoms with E-state index in [4.69, 9.17) is 11.6 Å². The minimum atomic E-state index is -2.45. The van der Waals surface area contributed by atoms with E-state index < -0.39 is 19.4 Å². The van der Waals surface area contributed by atoms with Gasteiger partial charge >= 0.3 is 0 Å². The molecule has 17 heavy (non-hydrogen) atoms. The molecule has 0 saturated heterocycles. The van der Waals surface area contributed by atoms with Gasteiger partial charge in [0.2, 0.25) is 0 Å². The van der Waals surface area contributed by atoms with Gasteiger partial charge in [0.15, 0.2) is 0 Å². The molecule has 0 fully saturated rings. The highest BCUT2D eigenvalue weighted by Crippen LogP contribution is 2.22. The van der Waals surface area contributed by atoms with Crippen molar-refractivity contribution >= 4 is 10.9 Å². The number of benzene rings is 1. The van der Waals surface area contributed by atoms with Crippen molar-refractivity contribution in [2.45, 2.75) is 19.4 Å². The van der Waals surface area contributed by atoms with Gasteiger partial charge in [0.25, 0.3) is 0 Å². The molecule has 0 saturated carbocycles. The van der Waals surface area contributed by atoms with Gasteiger partial charge in [0, 0.05) is 33.8 Å². The highest BCUT2D eigenvalue weighted by Gasteiger charge is 2.08. The van der Waals surface area contributed by atoms with Crippen molar-refractivity contribution < 1.29 is 11.6 Å². The first-order chi connectivity index (χ1) is 10.1. The average molecular weight is 237 g/mol. The summed E-state index contributed by atoms with van der Waals surface area (Å²) in [5.74, 6) is 0.672. The van der Waals surface area contributed by atoms with Gasteiger partial charge in [-0.15, -0.1) is 0 Å². The van der Waals surface area contributed by atoms with Crippen molar-refractivity contribution in [2.24, 2.45) is 0 Å². The second-order valence-electron chi connectivity index (χ2n) is 4.11. The van der Waals surface area contributed by atoms with E-state index in [1.54, 1.807) is 51.7 Å². The highest BCUT2D eigenvalue weighted by molar-refractivity contribution is 5.81. The molecule has 2 rings (SSSR count). The molecule has 0 N–H and O–H groups in total. The van der Waals surface area contributed by atoms with E-state index in [0.717, 1.165) is 5.39 Å². The highest BCUT2D eigenvalue weighted by atomic mass is 16.5. The van der Waals surface area contributed by atoms with Gasteiger partial charge in [-0.25, -0.2) is 0 Å². The Hall–Kier alpha value is -1.48. The van der Waals surface area contributed by atoms with Gasteiger partial charge in [-0.2, -0.15) is 0 Å². The Morgan fingerprint density at radius 2 is 2.29 bits per heavy atom. The maximum Gasteiger partial charge on any atom is 0.119 e. The summed E-state index contributed by atoms with van der Waals surface area (Å²) in [6.07, 6.45) is 1.58. The van der Waals surface area contributed by atoms with Crippen LogP contribution in [0.15, 0.2) is 30.5 Å². The van der Waals surface area contributed by atoms with Crippen molar-refractivity contribution in [1.29, 1.82) is 0 Å². The topological polar surface area (TPSA) is 17.4 Å². The summed E-state index contributed by atoms with van der Waals surface area (Å²) in [7, 11) is 4.71. The maximum absolute atomic E-state index is 8.40. The third-order valence-electron chi connectivity index (χ3n) is 2.68. The van der Waals surface area contributed by atoms with Crippen LogP contribution in [0.2, 0.25) is 0 Å². The predicted molar refractivity (Wildman–Crippen MR) is 71.6 cm³/mol. The Morgan fingerprint density at radius 1 is 1.47 bits per heavy atom. The molecule has 0 amide bonds. The molecule has 0 unspecified atom stereocenters. The number of likely N-dealkylation sites (N-methyl/N-ethyl adjacent to an activating group) is 1. The van der Waals surface area contributed by atoms with Crippen molar-refractivity contribution in [3.63, 3.8) is 0 Å². The standard InChI is InChI=1S/C14H20N2O/c1-11(15(2)3)10-16-8-7-12-9-13(17-4)5-6-14(12)16/h5-9,11H,10H2,1-4H3/t11-/m1/s1/i1D3,10D2. The molecule has 1 aromatic carbocycles. The molecule has 1 atom stereocenters. The molecule has 0 radical (unpaired) electrons. The van der Waals surface area contributed by atoms with Gasteiger partial charge in [-0.1, -0.05) is 0 Å². The molecule has 3 heteroatoms. The minimum Gasteiger partial charge on any atom is -0.497 e. The van der Waals surface area contributed by atoms with Crippen molar-refractivity contribution in [2.75, 3.05) is 21.2 Å². The van der Waals surface area contributed by atoms with Crippen LogP contribution in [0.25, 0.3) is 10.9 Å². The van der Waals surface area contributed by atoms with E-state index in [1.807, 2.05) is 0 Å². The number of nitrogens with zero attached hydrogens (tertiary/aromatic N) is 2. The average Bonchev–Trinajstić information content (AvgIpc) is 2.78. The van der Waals surface area contributed by atoms with E-state index in [0.29, 0.717) is 11.3 Å². The normalized spacial score (nSPS) is 19.2. The number of rotatable bonds is 4. The summed E-state index contributed by atoms with van der Waals surface area (Å²) >= 11 is 0. The third-order valence-corrected chi connectivity index (χ3v) is 2.68. The first-order valence-corrected chi connectivity index (χ1v) is 5.41. The second-order valence-corrected chi connectivity index (χ2v) is 4.11. The van der Waals surface area contributed by atoms with Crippen LogP contribution < -0.4 is 4.74 Å². The number of ether oxygens (including phenoxy) is 1. The SMILES string of the molecule is [2H]C([2H])([2H])[C@@H](N(C)C)C([2H])([2H])n1ccc2cc(OC)ccc21. The van der Waals surface area contributed by atoms with E-state index in [1.165, 1.54) is 9.47 Å². The molecule has 0 spiro atoms. The van der Waals surface area contributed by atoms with Crippen LogP contribution in [0.4, 0.5) is 0 Å². The molecule has 1 aromatic heterocycles. The molecule has 92 valence electrons. The van der Waals surface area contributed by atoms with Gasteiger partial charge in [-0.05, 0) is 45.2 Å². The molecule has 0 aliphatic carbocycles. The number of hydrogen-bond donors (Lipinski definition) is 0. The summed E-state index contributed by atoms with van der Waals surface area (Å²) in [6.45, 7) is -4.54. The molecule has 3 nitrogen and oxygen atoms in total. The van der Waals surface area contributed by atoms with Gasteiger partial charge < -0.3 is 14.2 Å². The van der Waals surface area contributed by atoms with Crippen LogP contribution in [0.1, 0.15) is 13.7 Å². The third kappa shape index (κ3) is 2.44. The Bertz CT molecular complexity index is 663. The van der Waals surface area contributed by atoms with Crippen LogP contribution in [0, 0.1) is 0 Å². The Balaban J connectivity index is 2.57. The zero-order chi connectivity index (χ0) is 16.7. The Kier molecular flexibility index (Phi) is 1.99. The van der Waals surface area contributed by atoms with Crippen molar-refractivity contribution in [1.82, 2.24) is 9.47 Å². The summed E-state index contributed by atoms with van der Waals surface area (Å²) in [6, 6.07) is 5.74. The fraction of sp³-hybridized carbons (Fsp3) is 0.429. The molecule has 2 aromatic rings. The van der Waals surface area contributed by atoms with Crippen molar-refractivity contribution in [3.05, 3.63) is 30.5 Å². The van der Waals surface area contributed by atoms with E-state index >= 15 is 0 Å². The van der Waals surface area contributed by atoms with Crippen LogP contribution in [0.5, 0.6) is 5.75 Å². The minimum absolute atomic E-state index is 0.627. The van der Waals surface area contributed by atoms with Gasteiger partial charge in [0.05, 0.1) is 9.85 Å². The van der Waals surface area contributed by atoms with Crippen LogP contribution in [-0.2, 0) is 6.50 Å². The monoisotopic (exact) mass is 237 g/mol. The summed E-state index contributed by atoms with van der Waals surface area (Å²) in [5.41, 5.74) is 0.627. The maximum atomic E-state index is 8.40. The number of aromatic nitrogens is 1. The number of methoxy groups -OCH3 is 1. The Morgan fingerprint density at radius 3 is 2.94 bits per heavy atom. The lowest BCUT2D eigenvalue weighted by atomic mass is 10.2. The quantitative estimate of drug-likeness (QED) is 0.813. The van der Waals surface area contributed by atoms with Gasteiger partial charge in [0.1, 0.15) is 5.75 Å². The molecular weight excluding hydrogens is 212 g/mol. The van der Waals surface area contributed by atoms with E-state index in [2.05, 4.69) is 0 Å². The lowest BCUT2D eigenvalue weighted by Gasteiger charge is -2.20. The fourth-order valence-electron chi connectivity index (χ4n) is 1.61. The fourth-order valence-corrected chi connectivity index (χ4v) is 1.61. The molecule has 0 aliphatic heterocycles. The largest absolute Gasteiger partial charge is 0.497 e.